The van der Waals surface area contributed by atoms with Gasteiger partial charge in [-0.25, -0.2) is 0 Å². The van der Waals surface area contributed by atoms with Gasteiger partial charge in [-0.3, -0.25) is 0 Å². The van der Waals surface area contributed by atoms with Crippen molar-refractivity contribution in [2.24, 2.45) is 0 Å². The van der Waals surface area contributed by atoms with Gasteiger partial charge in [0.1, 0.15) is 0 Å². The number of anilines is 2. The van der Waals surface area contributed by atoms with Gasteiger partial charge in [-0.1, -0.05) is 6.07 Å². The topological polar surface area (TPSA) is 48.1 Å². The van der Waals surface area contributed by atoms with E-state index in [9.17, 15) is 0 Å². The fourth-order valence-corrected chi connectivity index (χ4v) is 2.13. The van der Waals surface area contributed by atoms with Crippen LogP contribution in [0.2, 0.25) is 0 Å². The smallest absolute Gasteiger partial charge is 0.170 e. The van der Waals surface area contributed by atoms with Gasteiger partial charge in [-0.2, -0.15) is 0 Å². The van der Waals surface area contributed by atoms with Crippen molar-refractivity contribution in [1.29, 1.82) is 0 Å². The van der Waals surface area contributed by atoms with Crippen LogP contribution in [0.4, 0.5) is 11.4 Å². The van der Waals surface area contributed by atoms with Gasteiger partial charge in [0, 0.05) is 25.5 Å². The van der Waals surface area contributed by atoms with E-state index in [2.05, 4.69) is 41.2 Å². The lowest BCUT2D eigenvalue weighted by Crippen LogP contribution is -2.27. The van der Waals surface area contributed by atoms with Gasteiger partial charge >= 0.3 is 0 Å². The maximum atomic E-state index is 5.16. The van der Waals surface area contributed by atoms with Crippen molar-refractivity contribution in [3.63, 3.8) is 0 Å². The predicted octanol–water partition coefficient (Wildman–Crippen LogP) is 2.44. The van der Waals surface area contributed by atoms with Gasteiger partial charge in [-0.15, -0.1) is 0 Å². The quantitative estimate of drug-likeness (QED) is 0.629. The highest BCUT2D eigenvalue weighted by Gasteiger charge is 2.12. The molecule has 0 radical (unpaired) electrons. The van der Waals surface area contributed by atoms with E-state index in [1.165, 1.54) is 0 Å². The summed E-state index contributed by atoms with van der Waals surface area (Å²) in [5.74, 6) is 0. The van der Waals surface area contributed by atoms with Crippen molar-refractivity contribution in [3.8, 4) is 0 Å². The first-order valence-corrected chi connectivity index (χ1v) is 6.80. The largest absolute Gasteiger partial charge is 0.366 e. The Morgan fingerprint density at radius 2 is 1.21 bits per heavy atom. The summed E-state index contributed by atoms with van der Waals surface area (Å²) < 4.78 is 0. The predicted molar refractivity (Wildman–Crippen MR) is 91.2 cm³/mol. The number of thiocarbonyl (C=S) groups is 2. The number of hydrogen-bond acceptors (Lipinski definition) is 2. The van der Waals surface area contributed by atoms with Crippen LogP contribution in [-0.4, -0.2) is 24.3 Å². The third kappa shape index (κ3) is 3.78. The molecule has 0 atom stereocenters. The molecule has 0 fully saturated rings. The van der Waals surface area contributed by atoms with Gasteiger partial charge in [0.2, 0.25) is 0 Å². The molecule has 1 aromatic rings. The van der Waals surface area contributed by atoms with Crippen molar-refractivity contribution in [2.75, 3.05) is 24.7 Å². The number of benzene rings is 1. The molecule has 19 heavy (non-hydrogen) atoms. The van der Waals surface area contributed by atoms with Crippen LogP contribution in [0.5, 0.6) is 0 Å². The number of nitrogens with one attached hydrogen (secondary N) is 4. The molecule has 1 rings (SSSR count). The first-order chi connectivity index (χ1) is 8.90. The van der Waals surface area contributed by atoms with E-state index >= 15 is 0 Å². The van der Waals surface area contributed by atoms with Gasteiger partial charge in [0.15, 0.2) is 10.2 Å². The SMILES string of the molecule is CNC(=S)Nc1c(C)cc(C)c(NC(=S)NC)c1C. The zero-order chi connectivity index (χ0) is 14.6. The summed E-state index contributed by atoms with van der Waals surface area (Å²) in [4.78, 5) is 0. The highest BCUT2D eigenvalue weighted by atomic mass is 32.1. The van der Waals surface area contributed by atoms with E-state index in [1.807, 2.05) is 6.92 Å². The molecule has 0 heterocycles. The van der Waals surface area contributed by atoms with Crippen LogP contribution in [0.15, 0.2) is 6.07 Å². The lowest BCUT2D eigenvalue weighted by molar-refractivity contribution is 1.18. The van der Waals surface area contributed by atoms with E-state index in [0.717, 1.165) is 28.1 Å². The minimum Gasteiger partial charge on any atom is -0.366 e. The maximum absolute atomic E-state index is 5.16. The standard InChI is InChI=1S/C13H20N4S2/c1-7-6-8(2)11(17-13(19)15-5)9(3)10(7)16-12(18)14-4/h6H,1-5H3,(H2,14,16,18)(H2,15,17,19). The van der Waals surface area contributed by atoms with Gasteiger partial charge < -0.3 is 21.3 Å². The Hall–Kier alpha value is -1.40. The molecular weight excluding hydrogens is 276 g/mol. The molecule has 0 aliphatic rings. The molecule has 0 spiro atoms. The minimum absolute atomic E-state index is 0.595. The molecule has 0 aliphatic carbocycles. The van der Waals surface area contributed by atoms with E-state index in [-0.39, 0.29) is 0 Å². The van der Waals surface area contributed by atoms with Crippen molar-refractivity contribution in [3.05, 3.63) is 22.8 Å². The minimum atomic E-state index is 0.595. The Labute approximate surface area is 125 Å². The normalized spacial score (nSPS) is 9.74. The molecule has 0 saturated heterocycles. The molecule has 1 aromatic carbocycles. The monoisotopic (exact) mass is 296 g/mol. The number of rotatable bonds is 2. The molecule has 4 nitrogen and oxygen atoms in total. The number of aryl methyl sites for hydroxylation is 2. The molecule has 104 valence electrons. The van der Waals surface area contributed by atoms with Gasteiger partial charge in [0.25, 0.3) is 0 Å². The second kappa shape index (κ2) is 6.68. The molecule has 0 amide bonds. The first-order valence-electron chi connectivity index (χ1n) is 5.99. The molecule has 0 unspecified atom stereocenters. The third-order valence-corrected chi connectivity index (χ3v) is 3.52. The molecule has 0 saturated carbocycles. The second-order valence-electron chi connectivity index (χ2n) is 4.29. The summed E-state index contributed by atoms with van der Waals surface area (Å²) >= 11 is 10.3. The van der Waals surface area contributed by atoms with Gasteiger partial charge in [0.05, 0.1) is 0 Å². The van der Waals surface area contributed by atoms with Crippen molar-refractivity contribution in [2.45, 2.75) is 20.8 Å². The van der Waals surface area contributed by atoms with Crippen molar-refractivity contribution in [1.82, 2.24) is 10.6 Å². The van der Waals surface area contributed by atoms with Crippen LogP contribution in [0.3, 0.4) is 0 Å². The van der Waals surface area contributed by atoms with Crippen LogP contribution in [-0.2, 0) is 0 Å². The average molecular weight is 296 g/mol. The maximum Gasteiger partial charge on any atom is 0.170 e. The Kier molecular flexibility index (Phi) is 5.50. The Balaban J connectivity index is 3.22. The first kappa shape index (κ1) is 15.7. The fraction of sp³-hybridized carbons (Fsp3) is 0.385. The molecule has 0 aliphatic heterocycles. The Morgan fingerprint density at radius 1 is 0.842 bits per heavy atom. The molecule has 0 bridgehead atoms. The zero-order valence-electron chi connectivity index (χ0n) is 11.9. The lowest BCUT2D eigenvalue weighted by atomic mass is 10.0. The van der Waals surface area contributed by atoms with E-state index in [1.54, 1.807) is 14.1 Å². The van der Waals surface area contributed by atoms with Crippen molar-refractivity contribution >= 4 is 46.0 Å². The zero-order valence-corrected chi connectivity index (χ0v) is 13.5. The van der Waals surface area contributed by atoms with E-state index in [4.69, 9.17) is 24.4 Å². The highest BCUT2D eigenvalue weighted by Crippen LogP contribution is 2.30. The molecule has 0 aromatic heterocycles. The highest BCUT2D eigenvalue weighted by molar-refractivity contribution is 7.80. The van der Waals surface area contributed by atoms with Crippen molar-refractivity contribution < 1.29 is 0 Å². The Morgan fingerprint density at radius 3 is 1.53 bits per heavy atom. The van der Waals surface area contributed by atoms with Crippen LogP contribution >= 0.6 is 24.4 Å². The van der Waals surface area contributed by atoms with E-state index < -0.39 is 0 Å². The molecule has 4 N–H and O–H groups in total. The van der Waals surface area contributed by atoms with Gasteiger partial charge in [-0.05, 0) is 61.9 Å². The number of hydrogen-bond donors (Lipinski definition) is 4. The fourth-order valence-electron chi connectivity index (χ4n) is 1.92. The van der Waals surface area contributed by atoms with Crippen LogP contribution in [0.1, 0.15) is 16.7 Å². The summed E-state index contributed by atoms with van der Waals surface area (Å²) in [5, 5.41) is 13.4. The van der Waals surface area contributed by atoms with Crippen LogP contribution in [0.25, 0.3) is 0 Å². The van der Waals surface area contributed by atoms with E-state index in [0.29, 0.717) is 10.2 Å². The summed E-state index contributed by atoms with van der Waals surface area (Å²) in [6, 6.07) is 2.11. The summed E-state index contributed by atoms with van der Waals surface area (Å²) in [6.07, 6.45) is 0. The second-order valence-corrected chi connectivity index (χ2v) is 5.11. The van der Waals surface area contributed by atoms with Crippen LogP contribution < -0.4 is 21.3 Å². The molecular formula is C13H20N4S2. The third-order valence-electron chi connectivity index (χ3n) is 2.90. The summed E-state index contributed by atoms with van der Waals surface area (Å²) in [7, 11) is 3.59. The lowest BCUT2D eigenvalue weighted by Gasteiger charge is -2.20. The molecule has 6 heteroatoms. The average Bonchev–Trinajstić information content (AvgIpc) is 2.38. The summed E-state index contributed by atoms with van der Waals surface area (Å²) in [6.45, 7) is 6.16. The Bertz CT molecular complexity index is 470. The summed E-state index contributed by atoms with van der Waals surface area (Å²) in [5.41, 5.74) is 5.40. The van der Waals surface area contributed by atoms with Crippen LogP contribution in [0, 0.1) is 20.8 Å².